The smallest absolute Gasteiger partial charge is 0.269 e. The Morgan fingerprint density at radius 1 is 1.17 bits per heavy atom. The molecule has 1 N–H and O–H groups in total. The van der Waals surface area contributed by atoms with Crippen molar-refractivity contribution in [3.63, 3.8) is 0 Å². The summed E-state index contributed by atoms with van der Waals surface area (Å²) in [4.78, 5) is 35.8. The fourth-order valence-corrected chi connectivity index (χ4v) is 2.48. The molecule has 0 atom stereocenters. The van der Waals surface area contributed by atoms with Crippen LogP contribution in [0, 0.1) is 10.1 Å². The maximum atomic E-state index is 12.2. The number of nitro groups is 1. The number of benzene rings is 2. The van der Waals surface area contributed by atoms with Crippen LogP contribution in [0.25, 0.3) is 0 Å². The minimum atomic E-state index is -0.508. The first kappa shape index (κ1) is 14.7. The third-order valence-electron chi connectivity index (χ3n) is 3.59. The molecule has 7 heteroatoms. The molecule has 1 heterocycles. The maximum Gasteiger partial charge on any atom is 0.269 e. The summed E-state index contributed by atoms with van der Waals surface area (Å²) in [5, 5.41) is 13.2. The summed E-state index contributed by atoms with van der Waals surface area (Å²) in [5.74, 6) is -0.514. The van der Waals surface area contributed by atoms with Crippen molar-refractivity contribution in [3.05, 3.63) is 69.8 Å². The van der Waals surface area contributed by atoms with Gasteiger partial charge in [-0.05, 0) is 23.8 Å². The highest BCUT2D eigenvalue weighted by atomic mass is 16.6. The van der Waals surface area contributed by atoms with Crippen molar-refractivity contribution in [2.45, 2.75) is 6.54 Å². The molecule has 0 fully saturated rings. The van der Waals surface area contributed by atoms with E-state index in [2.05, 4.69) is 5.32 Å². The van der Waals surface area contributed by atoms with Gasteiger partial charge in [-0.2, -0.15) is 0 Å². The van der Waals surface area contributed by atoms with E-state index in [9.17, 15) is 19.7 Å². The molecule has 116 valence electrons. The van der Waals surface area contributed by atoms with Crippen molar-refractivity contribution in [3.8, 4) is 0 Å². The van der Waals surface area contributed by atoms with Gasteiger partial charge in [0.05, 0.1) is 4.92 Å². The predicted octanol–water partition coefficient (Wildman–Crippen LogP) is 2.19. The fourth-order valence-electron chi connectivity index (χ4n) is 2.48. The first-order chi connectivity index (χ1) is 11.0. The van der Waals surface area contributed by atoms with Crippen LogP contribution >= 0.6 is 0 Å². The molecule has 3 rings (SSSR count). The molecule has 0 saturated carbocycles. The van der Waals surface area contributed by atoms with Crippen molar-refractivity contribution in [1.82, 2.24) is 4.90 Å². The summed E-state index contributed by atoms with van der Waals surface area (Å²) in [5.41, 5.74) is 1.93. The highest BCUT2D eigenvalue weighted by Gasteiger charge is 2.28. The van der Waals surface area contributed by atoms with E-state index in [0.717, 1.165) is 5.56 Å². The summed E-state index contributed by atoms with van der Waals surface area (Å²) in [6.45, 7) is 0.340. The number of carbonyl (C=O) groups excluding carboxylic acids is 2. The van der Waals surface area contributed by atoms with E-state index in [4.69, 9.17) is 0 Å². The van der Waals surface area contributed by atoms with E-state index in [0.29, 0.717) is 17.8 Å². The Morgan fingerprint density at radius 2 is 1.87 bits per heavy atom. The van der Waals surface area contributed by atoms with Gasteiger partial charge in [0, 0.05) is 29.9 Å². The minimum absolute atomic E-state index is 0.0480. The zero-order valence-electron chi connectivity index (χ0n) is 12.1. The normalized spacial score (nSPS) is 12.9. The van der Waals surface area contributed by atoms with Crippen LogP contribution in [0.2, 0.25) is 0 Å². The number of non-ortho nitro benzene ring substituents is 1. The molecule has 2 aromatic rings. The van der Waals surface area contributed by atoms with Crippen molar-refractivity contribution in [2.24, 2.45) is 0 Å². The number of hydrogen-bond donors (Lipinski definition) is 1. The number of carbonyl (C=O) groups is 2. The lowest BCUT2D eigenvalue weighted by Gasteiger charge is -2.15. The number of fused-ring (bicyclic) bond motifs is 1. The van der Waals surface area contributed by atoms with Crippen molar-refractivity contribution >= 4 is 23.2 Å². The molecule has 0 radical (unpaired) electrons. The third kappa shape index (κ3) is 3.03. The monoisotopic (exact) mass is 311 g/mol. The van der Waals surface area contributed by atoms with E-state index in [1.54, 1.807) is 12.1 Å². The topological polar surface area (TPSA) is 92.6 Å². The van der Waals surface area contributed by atoms with Gasteiger partial charge in [-0.15, -0.1) is 0 Å². The zero-order chi connectivity index (χ0) is 16.4. The lowest BCUT2D eigenvalue weighted by Crippen LogP contribution is -2.33. The lowest BCUT2D eigenvalue weighted by molar-refractivity contribution is -0.384. The van der Waals surface area contributed by atoms with Gasteiger partial charge in [0.1, 0.15) is 6.54 Å². The second-order valence-electron chi connectivity index (χ2n) is 5.17. The van der Waals surface area contributed by atoms with Gasteiger partial charge >= 0.3 is 0 Å². The maximum absolute atomic E-state index is 12.2. The van der Waals surface area contributed by atoms with Gasteiger partial charge in [-0.25, -0.2) is 0 Å². The molecule has 2 aromatic carbocycles. The molecule has 0 saturated heterocycles. The molecule has 1 aliphatic heterocycles. The molecule has 0 aromatic heterocycles. The van der Waals surface area contributed by atoms with E-state index in [1.165, 1.54) is 29.2 Å². The Bertz CT molecular complexity index is 786. The minimum Gasteiger partial charge on any atom is -0.325 e. The summed E-state index contributed by atoms with van der Waals surface area (Å²) < 4.78 is 0. The molecular weight excluding hydrogens is 298 g/mol. The predicted molar refractivity (Wildman–Crippen MR) is 82.9 cm³/mol. The average Bonchev–Trinajstić information content (AvgIpc) is 2.84. The summed E-state index contributed by atoms with van der Waals surface area (Å²) in [6.07, 6.45) is 0. The SMILES string of the molecule is O=C(CN1Cc2ccccc2C1=O)Nc1ccc([N+](=O)[O-])cc1. The van der Waals surface area contributed by atoms with Crippen molar-refractivity contribution in [1.29, 1.82) is 0 Å². The second kappa shape index (κ2) is 5.88. The van der Waals surface area contributed by atoms with Crippen LogP contribution in [0.15, 0.2) is 48.5 Å². The van der Waals surface area contributed by atoms with Gasteiger partial charge < -0.3 is 10.2 Å². The highest BCUT2D eigenvalue weighted by molar-refractivity contribution is 6.02. The summed E-state index contributed by atoms with van der Waals surface area (Å²) >= 11 is 0. The van der Waals surface area contributed by atoms with Crippen LogP contribution < -0.4 is 5.32 Å². The van der Waals surface area contributed by atoms with Gasteiger partial charge in [0.25, 0.3) is 11.6 Å². The van der Waals surface area contributed by atoms with E-state index >= 15 is 0 Å². The van der Waals surface area contributed by atoms with Gasteiger partial charge in [0.2, 0.25) is 5.91 Å². The van der Waals surface area contributed by atoms with E-state index in [-0.39, 0.29) is 24.0 Å². The molecule has 2 amide bonds. The standard InChI is InChI=1S/C16H13N3O4/c20-15(17-12-5-7-13(8-6-12)19(22)23)10-18-9-11-3-1-2-4-14(11)16(18)21/h1-8H,9-10H2,(H,17,20). The number of nitrogens with zero attached hydrogens (tertiary/aromatic N) is 2. The molecule has 0 aliphatic carbocycles. The zero-order valence-corrected chi connectivity index (χ0v) is 12.1. The number of amides is 2. The first-order valence-corrected chi connectivity index (χ1v) is 6.96. The lowest BCUT2D eigenvalue weighted by atomic mass is 10.1. The Morgan fingerprint density at radius 3 is 2.52 bits per heavy atom. The van der Waals surface area contributed by atoms with E-state index < -0.39 is 4.92 Å². The molecule has 0 bridgehead atoms. The Labute approximate surface area is 131 Å². The quantitative estimate of drug-likeness (QED) is 0.692. The second-order valence-corrected chi connectivity index (χ2v) is 5.17. The number of nitro benzene ring substituents is 1. The van der Waals surface area contributed by atoms with Crippen LogP contribution in [0.5, 0.6) is 0 Å². The third-order valence-corrected chi connectivity index (χ3v) is 3.59. The first-order valence-electron chi connectivity index (χ1n) is 6.96. The van der Waals surface area contributed by atoms with Crippen LogP contribution in [0.1, 0.15) is 15.9 Å². The van der Waals surface area contributed by atoms with Crippen LogP contribution in [0.4, 0.5) is 11.4 Å². The van der Waals surface area contributed by atoms with Gasteiger partial charge in [0.15, 0.2) is 0 Å². The molecule has 23 heavy (non-hydrogen) atoms. The Hall–Kier alpha value is -3.22. The molecular formula is C16H13N3O4. The van der Waals surface area contributed by atoms with Crippen LogP contribution in [0.3, 0.4) is 0 Å². The van der Waals surface area contributed by atoms with Crippen molar-refractivity contribution < 1.29 is 14.5 Å². The fraction of sp³-hybridized carbons (Fsp3) is 0.125. The molecule has 0 unspecified atom stereocenters. The van der Waals surface area contributed by atoms with Gasteiger partial charge in [-0.3, -0.25) is 19.7 Å². The number of rotatable bonds is 4. The average molecular weight is 311 g/mol. The highest BCUT2D eigenvalue weighted by Crippen LogP contribution is 2.22. The molecule has 7 nitrogen and oxygen atoms in total. The molecule has 0 spiro atoms. The molecule has 1 aliphatic rings. The Kier molecular flexibility index (Phi) is 3.76. The Balaban J connectivity index is 1.62. The summed E-state index contributed by atoms with van der Waals surface area (Å²) in [6, 6.07) is 12.8. The summed E-state index contributed by atoms with van der Waals surface area (Å²) in [7, 11) is 0. The number of anilines is 1. The number of hydrogen-bond acceptors (Lipinski definition) is 4. The van der Waals surface area contributed by atoms with Crippen LogP contribution in [-0.4, -0.2) is 28.2 Å². The van der Waals surface area contributed by atoms with Gasteiger partial charge in [-0.1, -0.05) is 18.2 Å². The van der Waals surface area contributed by atoms with Crippen LogP contribution in [-0.2, 0) is 11.3 Å². The largest absolute Gasteiger partial charge is 0.325 e. The van der Waals surface area contributed by atoms with E-state index in [1.807, 2.05) is 12.1 Å². The number of nitrogens with one attached hydrogen (secondary N) is 1. The van der Waals surface area contributed by atoms with Crippen molar-refractivity contribution in [2.75, 3.05) is 11.9 Å².